The highest BCUT2D eigenvalue weighted by molar-refractivity contribution is 6.06. The highest BCUT2D eigenvalue weighted by Gasteiger charge is 2.47. The van der Waals surface area contributed by atoms with Crippen LogP contribution in [-0.4, -0.2) is 23.8 Å². The molecule has 0 radical (unpaired) electrons. The number of benzene rings is 1. The van der Waals surface area contributed by atoms with Gasteiger partial charge in [0.1, 0.15) is 0 Å². The van der Waals surface area contributed by atoms with Crippen LogP contribution in [0.3, 0.4) is 0 Å². The summed E-state index contributed by atoms with van der Waals surface area (Å²) in [6.07, 6.45) is 2.68. The van der Waals surface area contributed by atoms with Gasteiger partial charge in [-0.25, -0.2) is 4.99 Å². The molecule has 0 aliphatic carbocycles. The zero-order chi connectivity index (χ0) is 13.2. The Balaban J connectivity index is 2.46. The minimum Gasteiger partial charge on any atom is -0.369 e. The van der Waals surface area contributed by atoms with Gasteiger partial charge in [0.05, 0.1) is 0 Å². The molecular weight excluding hydrogens is 226 g/mol. The summed E-state index contributed by atoms with van der Waals surface area (Å²) < 4.78 is 0. The molecule has 4 nitrogen and oxygen atoms in total. The van der Waals surface area contributed by atoms with Crippen molar-refractivity contribution < 1.29 is 4.79 Å². The Labute approximate surface area is 108 Å². The Bertz CT molecular complexity index is 469. The molecule has 0 spiro atoms. The molecule has 0 saturated heterocycles. The van der Waals surface area contributed by atoms with Crippen molar-refractivity contribution in [2.45, 2.75) is 31.7 Å². The highest BCUT2D eigenvalue weighted by Crippen LogP contribution is 2.37. The maximum atomic E-state index is 12.5. The average Bonchev–Trinajstić information content (AvgIpc) is 2.63. The average molecular weight is 245 g/mol. The molecule has 18 heavy (non-hydrogen) atoms. The standard InChI is InChI=1S/C14H19N3O/c1-3-4-10-14(11-8-6-5-7-9-11)12(18)17(2)13(15)16-14/h5-9H,3-4,10H2,1-2H3,(H2,15,16). The lowest BCUT2D eigenvalue weighted by molar-refractivity contribution is -0.130. The van der Waals surface area contributed by atoms with Crippen molar-refractivity contribution >= 4 is 11.9 Å². The van der Waals surface area contributed by atoms with Crippen LogP contribution in [0.15, 0.2) is 35.3 Å². The van der Waals surface area contributed by atoms with Crippen molar-refractivity contribution in [3.8, 4) is 0 Å². The fourth-order valence-corrected chi connectivity index (χ4v) is 2.34. The number of amides is 1. The monoisotopic (exact) mass is 245 g/mol. The fourth-order valence-electron chi connectivity index (χ4n) is 2.34. The number of unbranched alkanes of at least 4 members (excludes halogenated alkanes) is 1. The second-order valence-corrected chi connectivity index (χ2v) is 4.66. The van der Waals surface area contributed by atoms with E-state index in [1.807, 2.05) is 30.3 Å². The normalized spacial score (nSPS) is 23.3. The SMILES string of the molecule is CCCCC1(c2ccccc2)N=C(N)N(C)C1=O. The molecule has 2 rings (SSSR count). The number of nitrogens with two attached hydrogens (primary N) is 1. The fraction of sp³-hybridized carbons (Fsp3) is 0.429. The van der Waals surface area contributed by atoms with Gasteiger partial charge in [-0.2, -0.15) is 0 Å². The first-order chi connectivity index (χ1) is 8.62. The summed E-state index contributed by atoms with van der Waals surface area (Å²) in [7, 11) is 1.68. The van der Waals surface area contributed by atoms with Crippen LogP contribution in [0.25, 0.3) is 0 Å². The van der Waals surface area contributed by atoms with Gasteiger partial charge in [0.25, 0.3) is 5.91 Å². The van der Waals surface area contributed by atoms with Crippen LogP contribution in [0.1, 0.15) is 31.7 Å². The van der Waals surface area contributed by atoms with Crippen LogP contribution in [-0.2, 0) is 10.3 Å². The molecule has 2 N–H and O–H groups in total. The molecule has 0 aromatic heterocycles. The predicted molar refractivity (Wildman–Crippen MR) is 72.0 cm³/mol. The largest absolute Gasteiger partial charge is 0.369 e. The second-order valence-electron chi connectivity index (χ2n) is 4.66. The lowest BCUT2D eigenvalue weighted by Crippen LogP contribution is -2.40. The summed E-state index contributed by atoms with van der Waals surface area (Å²) in [5, 5.41) is 0. The van der Waals surface area contributed by atoms with Gasteiger partial charge in [-0.3, -0.25) is 9.69 Å². The first-order valence-corrected chi connectivity index (χ1v) is 6.31. The molecule has 0 bridgehead atoms. The predicted octanol–water partition coefficient (Wildman–Crippen LogP) is 1.86. The lowest BCUT2D eigenvalue weighted by Gasteiger charge is -2.25. The van der Waals surface area contributed by atoms with Gasteiger partial charge in [0, 0.05) is 7.05 Å². The Morgan fingerprint density at radius 2 is 2.00 bits per heavy atom. The van der Waals surface area contributed by atoms with E-state index in [2.05, 4.69) is 11.9 Å². The third-order valence-corrected chi connectivity index (χ3v) is 3.45. The molecule has 1 aliphatic rings. The second kappa shape index (κ2) is 4.80. The maximum absolute atomic E-state index is 12.5. The van der Waals surface area contributed by atoms with Gasteiger partial charge in [0.2, 0.25) is 0 Å². The topological polar surface area (TPSA) is 58.7 Å². The van der Waals surface area contributed by atoms with Crippen LogP contribution in [0.2, 0.25) is 0 Å². The van der Waals surface area contributed by atoms with Crippen molar-refractivity contribution in [3.63, 3.8) is 0 Å². The molecule has 0 fully saturated rings. The third kappa shape index (κ3) is 1.88. The number of nitrogens with zero attached hydrogens (tertiary/aromatic N) is 2. The molecule has 0 saturated carbocycles. The molecule has 1 unspecified atom stereocenters. The summed E-state index contributed by atoms with van der Waals surface area (Å²) in [6, 6.07) is 9.70. The van der Waals surface area contributed by atoms with Gasteiger partial charge < -0.3 is 5.73 Å². The van der Waals surface area contributed by atoms with E-state index < -0.39 is 5.54 Å². The van der Waals surface area contributed by atoms with Crippen LogP contribution < -0.4 is 5.73 Å². The summed E-state index contributed by atoms with van der Waals surface area (Å²) in [5.74, 6) is 0.277. The zero-order valence-electron chi connectivity index (χ0n) is 10.9. The summed E-state index contributed by atoms with van der Waals surface area (Å²) in [5.41, 5.74) is 5.93. The van der Waals surface area contributed by atoms with Crippen LogP contribution in [0.4, 0.5) is 0 Å². The minimum absolute atomic E-state index is 0.0281. The lowest BCUT2D eigenvalue weighted by atomic mass is 9.85. The molecule has 1 aromatic carbocycles. The quantitative estimate of drug-likeness (QED) is 0.880. The van der Waals surface area contributed by atoms with Gasteiger partial charge in [-0.1, -0.05) is 50.1 Å². The van der Waals surface area contributed by atoms with E-state index in [-0.39, 0.29) is 5.91 Å². The number of hydrogen-bond donors (Lipinski definition) is 1. The Kier molecular flexibility index (Phi) is 3.36. The van der Waals surface area contributed by atoms with Gasteiger partial charge in [0.15, 0.2) is 11.5 Å². The van der Waals surface area contributed by atoms with Crippen molar-refractivity contribution in [2.24, 2.45) is 10.7 Å². The van der Waals surface area contributed by atoms with E-state index in [0.29, 0.717) is 12.4 Å². The summed E-state index contributed by atoms with van der Waals surface area (Å²) in [4.78, 5) is 18.4. The van der Waals surface area contributed by atoms with Crippen molar-refractivity contribution in [3.05, 3.63) is 35.9 Å². The molecule has 96 valence electrons. The Hall–Kier alpha value is -1.84. The van der Waals surface area contributed by atoms with Crippen molar-refractivity contribution in [2.75, 3.05) is 7.05 Å². The van der Waals surface area contributed by atoms with Gasteiger partial charge >= 0.3 is 0 Å². The van der Waals surface area contributed by atoms with Crippen molar-refractivity contribution in [1.82, 2.24) is 4.90 Å². The molecule has 1 heterocycles. The Morgan fingerprint density at radius 3 is 2.50 bits per heavy atom. The van der Waals surface area contributed by atoms with E-state index in [1.54, 1.807) is 7.05 Å². The zero-order valence-corrected chi connectivity index (χ0v) is 10.9. The first-order valence-electron chi connectivity index (χ1n) is 6.31. The number of hydrogen-bond acceptors (Lipinski definition) is 3. The molecule has 1 atom stereocenters. The minimum atomic E-state index is -0.809. The van der Waals surface area contributed by atoms with E-state index in [9.17, 15) is 4.79 Å². The van der Waals surface area contributed by atoms with Crippen LogP contribution in [0, 0.1) is 0 Å². The Morgan fingerprint density at radius 1 is 1.33 bits per heavy atom. The third-order valence-electron chi connectivity index (χ3n) is 3.45. The number of aliphatic imine (C=N–C) groups is 1. The summed E-state index contributed by atoms with van der Waals surface area (Å²) in [6.45, 7) is 2.11. The molecule has 1 amide bonds. The van der Waals surface area contributed by atoms with E-state index in [4.69, 9.17) is 5.73 Å². The number of carbonyl (C=O) groups is 1. The highest BCUT2D eigenvalue weighted by atomic mass is 16.2. The number of likely N-dealkylation sites (N-methyl/N-ethyl adjacent to an activating group) is 1. The molecular formula is C14H19N3O. The molecule has 1 aromatic rings. The smallest absolute Gasteiger partial charge is 0.261 e. The molecule has 4 heteroatoms. The van der Waals surface area contributed by atoms with E-state index in [0.717, 1.165) is 18.4 Å². The van der Waals surface area contributed by atoms with E-state index >= 15 is 0 Å². The summed E-state index contributed by atoms with van der Waals surface area (Å²) >= 11 is 0. The maximum Gasteiger partial charge on any atom is 0.261 e. The van der Waals surface area contributed by atoms with Gasteiger partial charge in [-0.15, -0.1) is 0 Å². The first kappa shape index (κ1) is 12.6. The number of carbonyl (C=O) groups excluding carboxylic acids is 1. The van der Waals surface area contributed by atoms with Crippen LogP contribution >= 0.6 is 0 Å². The number of guanidine groups is 1. The van der Waals surface area contributed by atoms with Crippen molar-refractivity contribution in [1.29, 1.82) is 0 Å². The van der Waals surface area contributed by atoms with Gasteiger partial charge in [-0.05, 0) is 12.0 Å². The van der Waals surface area contributed by atoms with Crippen LogP contribution in [0.5, 0.6) is 0 Å². The molecule has 1 aliphatic heterocycles. The van der Waals surface area contributed by atoms with E-state index in [1.165, 1.54) is 4.90 Å². The number of rotatable bonds is 4.